The highest BCUT2D eigenvalue weighted by Gasteiger charge is 2.34. The summed E-state index contributed by atoms with van der Waals surface area (Å²) in [5.74, 6) is -0.00520. The van der Waals surface area contributed by atoms with Crippen LogP contribution in [0.15, 0.2) is 24.3 Å². The van der Waals surface area contributed by atoms with Gasteiger partial charge >= 0.3 is 12.1 Å². The molecule has 1 aromatic rings. The van der Waals surface area contributed by atoms with Crippen LogP contribution in [0.4, 0.5) is 15.3 Å². The van der Waals surface area contributed by atoms with Crippen molar-refractivity contribution in [2.24, 2.45) is 0 Å². The number of likely N-dealkylation sites (N-methyl/N-ethyl adjacent to an activating group) is 1. The van der Waals surface area contributed by atoms with Crippen LogP contribution in [0.2, 0.25) is 0 Å². The molecule has 0 unspecified atom stereocenters. The Morgan fingerprint density at radius 3 is 2.62 bits per heavy atom. The van der Waals surface area contributed by atoms with E-state index in [1.165, 1.54) is 0 Å². The number of urea groups is 2. The average molecular weight is 399 g/mol. The molecule has 2 saturated heterocycles. The number of amides is 5. The van der Waals surface area contributed by atoms with E-state index in [4.69, 9.17) is 0 Å². The van der Waals surface area contributed by atoms with Gasteiger partial charge in [-0.3, -0.25) is 4.79 Å². The van der Waals surface area contributed by atoms with Crippen LogP contribution >= 0.6 is 0 Å². The zero-order valence-electron chi connectivity index (χ0n) is 16.9. The number of piperidine rings is 1. The number of carbonyl (C=O) groups excluding carboxylic acids is 3. The van der Waals surface area contributed by atoms with Crippen molar-refractivity contribution in [2.75, 3.05) is 32.0 Å². The van der Waals surface area contributed by atoms with E-state index in [1.54, 1.807) is 16.8 Å². The molecule has 2 fully saturated rings. The lowest BCUT2D eigenvalue weighted by molar-refractivity contribution is -0.131. The van der Waals surface area contributed by atoms with Gasteiger partial charge in [-0.1, -0.05) is 18.2 Å². The van der Waals surface area contributed by atoms with Crippen molar-refractivity contribution >= 4 is 23.7 Å². The van der Waals surface area contributed by atoms with Gasteiger partial charge in [0.1, 0.15) is 6.04 Å². The molecule has 1 atom stereocenters. The summed E-state index contributed by atoms with van der Waals surface area (Å²) >= 11 is 0. The second kappa shape index (κ2) is 8.31. The molecule has 4 rings (SSSR count). The second-order valence-electron chi connectivity index (χ2n) is 8.19. The van der Waals surface area contributed by atoms with Gasteiger partial charge in [-0.05, 0) is 43.7 Å². The van der Waals surface area contributed by atoms with Crippen LogP contribution in [-0.2, 0) is 11.3 Å². The first kappa shape index (κ1) is 19.5. The first-order chi connectivity index (χ1) is 14.0. The molecule has 2 N–H and O–H groups in total. The van der Waals surface area contributed by atoms with Crippen LogP contribution in [0.3, 0.4) is 0 Å². The number of hydrogen-bond donors (Lipinski definition) is 2. The number of hydrogen-bond acceptors (Lipinski definition) is 3. The summed E-state index contributed by atoms with van der Waals surface area (Å²) in [7, 11) is 1.79. The smallest absolute Gasteiger partial charge is 0.322 e. The van der Waals surface area contributed by atoms with E-state index in [0.717, 1.165) is 43.5 Å². The van der Waals surface area contributed by atoms with Gasteiger partial charge in [-0.25, -0.2) is 9.59 Å². The molecule has 0 radical (unpaired) electrons. The number of rotatable bonds is 2. The maximum absolute atomic E-state index is 12.7. The normalized spacial score (nSPS) is 23.3. The monoisotopic (exact) mass is 399 g/mol. The lowest BCUT2D eigenvalue weighted by atomic mass is 10.0. The molecule has 3 aliphatic heterocycles. The van der Waals surface area contributed by atoms with Crippen molar-refractivity contribution in [3.63, 3.8) is 0 Å². The lowest BCUT2D eigenvalue weighted by Crippen LogP contribution is -2.55. The third kappa shape index (κ3) is 4.16. The minimum absolute atomic E-state index is 0.00520. The predicted molar refractivity (Wildman–Crippen MR) is 109 cm³/mol. The molecule has 0 spiro atoms. The van der Waals surface area contributed by atoms with Crippen molar-refractivity contribution in [1.29, 1.82) is 0 Å². The van der Waals surface area contributed by atoms with Gasteiger partial charge < -0.3 is 25.3 Å². The standard InChI is InChI=1S/C21H29N5O3/c1-24-11-5-4-8-18(19(24)27)23-20(28)25-12-9-16(10-13-25)26-14-15-6-2-3-7-17(15)22-21(26)29/h2-3,6-7,16,18H,4-5,8-14H2,1H3,(H,22,29)(H,23,28)/t18-/m1/s1. The van der Waals surface area contributed by atoms with Crippen LogP contribution in [0.1, 0.15) is 37.7 Å². The molecule has 0 bridgehead atoms. The van der Waals surface area contributed by atoms with Crippen LogP contribution < -0.4 is 10.6 Å². The summed E-state index contributed by atoms with van der Waals surface area (Å²) < 4.78 is 0. The Morgan fingerprint density at radius 1 is 1.07 bits per heavy atom. The maximum atomic E-state index is 12.7. The van der Waals surface area contributed by atoms with Crippen LogP contribution in [-0.4, -0.2) is 71.4 Å². The Labute approximate surface area is 171 Å². The van der Waals surface area contributed by atoms with E-state index in [1.807, 2.05) is 29.2 Å². The first-order valence-electron chi connectivity index (χ1n) is 10.5. The number of nitrogens with one attached hydrogen (secondary N) is 2. The summed E-state index contributed by atoms with van der Waals surface area (Å²) in [6.45, 7) is 2.51. The average Bonchev–Trinajstić information content (AvgIpc) is 2.89. The van der Waals surface area contributed by atoms with E-state index in [9.17, 15) is 14.4 Å². The predicted octanol–water partition coefficient (Wildman–Crippen LogP) is 2.22. The van der Waals surface area contributed by atoms with Gasteiger partial charge in [0.2, 0.25) is 5.91 Å². The third-order valence-corrected chi connectivity index (χ3v) is 6.26. The summed E-state index contributed by atoms with van der Waals surface area (Å²) in [5, 5.41) is 5.89. The summed E-state index contributed by atoms with van der Waals surface area (Å²) in [6.07, 6.45) is 4.08. The zero-order valence-corrected chi connectivity index (χ0v) is 16.9. The van der Waals surface area contributed by atoms with E-state index < -0.39 is 6.04 Å². The molecule has 8 heteroatoms. The molecule has 0 aromatic heterocycles. The molecule has 1 aromatic carbocycles. The van der Waals surface area contributed by atoms with Crippen LogP contribution in [0.25, 0.3) is 0 Å². The molecule has 3 aliphatic rings. The molecule has 0 aliphatic carbocycles. The molecule has 8 nitrogen and oxygen atoms in total. The lowest BCUT2D eigenvalue weighted by Gasteiger charge is -2.40. The van der Waals surface area contributed by atoms with Gasteiger partial charge in [0, 0.05) is 45.0 Å². The highest BCUT2D eigenvalue weighted by molar-refractivity contribution is 5.92. The quantitative estimate of drug-likeness (QED) is 0.800. The van der Waals surface area contributed by atoms with Crippen molar-refractivity contribution in [1.82, 2.24) is 20.0 Å². The SMILES string of the molecule is CN1CCCC[C@@H](NC(=O)N2CCC(N3Cc4ccccc4NC3=O)CC2)C1=O. The van der Waals surface area contributed by atoms with E-state index in [-0.39, 0.29) is 24.0 Å². The van der Waals surface area contributed by atoms with Gasteiger partial charge in [0.15, 0.2) is 0 Å². The fourth-order valence-corrected chi connectivity index (χ4v) is 4.47. The number of fused-ring (bicyclic) bond motifs is 1. The Bertz CT molecular complexity index is 790. The molecule has 5 amide bonds. The Kier molecular flexibility index (Phi) is 5.60. The fourth-order valence-electron chi connectivity index (χ4n) is 4.47. The van der Waals surface area contributed by atoms with Crippen LogP contribution in [0, 0.1) is 0 Å². The van der Waals surface area contributed by atoms with E-state index >= 15 is 0 Å². The van der Waals surface area contributed by atoms with Crippen molar-refractivity contribution in [3.05, 3.63) is 29.8 Å². The molecule has 3 heterocycles. The van der Waals surface area contributed by atoms with Gasteiger partial charge in [-0.2, -0.15) is 0 Å². The number of para-hydroxylation sites is 1. The van der Waals surface area contributed by atoms with E-state index in [0.29, 0.717) is 26.1 Å². The maximum Gasteiger partial charge on any atom is 0.322 e. The Balaban J connectivity index is 1.32. The summed E-state index contributed by atoms with van der Waals surface area (Å²) in [5.41, 5.74) is 1.99. The number of anilines is 1. The number of nitrogens with zero attached hydrogens (tertiary/aromatic N) is 3. The zero-order chi connectivity index (χ0) is 20.4. The van der Waals surface area contributed by atoms with Gasteiger partial charge in [0.25, 0.3) is 0 Å². The molecule has 0 saturated carbocycles. The van der Waals surface area contributed by atoms with Crippen LogP contribution in [0.5, 0.6) is 0 Å². The van der Waals surface area contributed by atoms with Crippen molar-refractivity contribution < 1.29 is 14.4 Å². The minimum Gasteiger partial charge on any atom is -0.344 e. The van der Waals surface area contributed by atoms with Crippen molar-refractivity contribution in [3.8, 4) is 0 Å². The Morgan fingerprint density at radius 2 is 1.83 bits per heavy atom. The van der Waals surface area contributed by atoms with Crippen molar-refractivity contribution in [2.45, 2.75) is 50.7 Å². The van der Waals surface area contributed by atoms with Gasteiger partial charge in [0.05, 0.1) is 0 Å². The minimum atomic E-state index is -0.433. The molecular weight excluding hydrogens is 370 g/mol. The number of likely N-dealkylation sites (tertiary alicyclic amines) is 2. The highest BCUT2D eigenvalue weighted by Crippen LogP contribution is 2.27. The summed E-state index contributed by atoms with van der Waals surface area (Å²) in [6, 6.07) is 7.28. The molecule has 156 valence electrons. The number of carbonyl (C=O) groups is 3. The fraction of sp³-hybridized carbons (Fsp3) is 0.571. The van der Waals surface area contributed by atoms with E-state index in [2.05, 4.69) is 10.6 Å². The largest absolute Gasteiger partial charge is 0.344 e. The molecule has 29 heavy (non-hydrogen) atoms. The van der Waals surface area contributed by atoms with Gasteiger partial charge in [-0.15, -0.1) is 0 Å². The highest BCUT2D eigenvalue weighted by atomic mass is 16.2. The summed E-state index contributed by atoms with van der Waals surface area (Å²) in [4.78, 5) is 43.0. The molecular formula is C21H29N5O3. The third-order valence-electron chi connectivity index (χ3n) is 6.26. The Hall–Kier alpha value is -2.77. The second-order valence-corrected chi connectivity index (χ2v) is 8.19. The topological polar surface area (TPSA) is 85.0 Å². The first-order valence-corrected chi connectivity index (χ1v) is 10.5. The number of benzene rings is 1.